The summed E-state index contributed by atoms with van der Waals surface area (Å²) in [5, 5.41) is 22.5. The molecule has 0 radical (unpaired) electrons. The molecule has 0 aliphatic heterocycles. The Morgan fingerprint density at radius 2 is 2.15 bits per heavy atom. The number of aliphatic hydroxyl groups is 1. The van der Waals surface area contributed by atoms with Crippen molar-refractivity contribution in [1.29, 1.82) is 0 Å². The molecule has 20 heavy (non-hydrogen) atoms. The van der Waals surface area contributed by atoms with Crippen molar-refractivity contribution < 1.29 is 15.0 Å². The molecule has 2 rings (SSSR count). The molecule has 108 valence electrons. The van der Waals surface area contributed by atoms with Crippen LogP contribution < -0.4 is 5.32 Å². The van der Waals surface area contributed by atoms with Gasteiger partial charge in [-0.1, -0.05) is 25.1 Å². The number of aliphatic carboxylic acids is 1. The van der Waals surface area contributed by atoms with E-state index in [-0.39, 0.29) is 19.2 Å². The van der Waals surface area contributed by atoms with Gasteiger partial charge in [-0.05, 0) is 18.1 Å². The van der Waals surface area contributed by atoms with Crippen LogP contribution in [0.25, 0.3) is 10.9 Å². The summed E-state index contributed by atoms with van der Waals surface area (Å²) in [6.07, 6.45) is 2.72. The number of aliphatic hydroxyl groups excluding tert-OH is 1. The second-order valence-corrected chi connectivity index (χ2v) is 4.86. The second kappa shape index (κ2) is 6.54. The van der Waals surface area contributed by atoms with E-state index in [1.807, 2.05) is 37.4 Å². The molecule has 1 atom stereocenters. The van der Waals surface area contributed by atoms with E-state index >= 15 is 0 Å². The summed E-state index contributed by atoms with van der Waals surface area (Å²) in [4.78, 5) is 10.9. The number of benzene rings is 1. The Morgan fingerprint density at radius 3 is 2.80 bits per heavy atom. The number of carboxylic acid groups (broad SMARTS) is 1. The van der Waals surface area contributed by atoms with Gasteiger partial charge in [0.1, 0.15) is 6.54 Å². The van der Waals surface area contributed by atoms with Crippen molar-refractivity contribution >= 4 is 16.9 Å². The summed E-state index contributed by atoms with van der Waals surface area (Å²) >= 11 is 0. The van der Waals surface area contributed by atoms with Gasteiger partial charge in [0.25, 0.3) is 0 Å². The molecule has 0 spiro atoms. The minimum atomic E-state index is -0.855. The van der Waals surface area contributed by atoms with Crippen molar-refractivity contribution in [1.82, 2.24) is 9.88 Å². The summed E-state index contributed by atoms with van der Waals surface area (Å²) < 4.78 is 1.74. The van der Waals surface area contributed by atoms with E-state index in [4.69, 9.17) is 5.11 Å². The number of hydrogen-bond acceptors (Lipinski definition) is 3. The third kappa shape index (κ3) is 3.18. The first-order valence-corrected chi connectivity index (χ1v) is 6.78. The lowest BCUT2D eigenvalue weighted by Crippen LogP contribution is -2.31. The maximum atomic E-state index is 10.9. The molecule has 0 saturated heterocycles. The second-order valence-electron chi connectivity index (χ2n) is 4.86. The van der Waals surface area contributed by atoms with Gasteiger partial charge in [0.15, 0.2) is 0 Å². The van der Waals surface area contributed by atoms with Crippen molar-refractivity contribution in [3.8, 4) is 0 Å². The highest BCUT2D eigenvalue weighted by molar-refractivity contribution is 5.85. The van der Waals surface area contributed by atoms with Gasteiger partial charge in [0, 0.05) is 29.7 Å². The lowest BCUT2D eigenvalue weighted by molar-refractivity contribution is -0.137. The number of nitrogens with zero attached hydrogens (tertiary/aromatic N) is 1. The van der Waals surface area contributed by atoms with Crippen LogP contribution in [-0.2, 0) is 17.9 Å². The number of aromatic nitrogens is 1. The van der Waals surface area contributed by atoms with Gasteiger partial charge in [0.05, 0.1) is 6.61 Å². The van der Waals surface area contributed by atoms with Crippen molar-refractivity contribution in [3.05, 3.63) is 36.0 Å². The van der Waals surface area contributed by atoms with E-state index in [9.17, 15) is 9.90 Å². The van der Waals surface area contributed by atoms with Gasteiger partial charge >= 0.3 is 5.97 Å². The Balaban J connectivity index is 2.26. The van der Waals surface area contributed by atoms with Crippen molar-refractivity contribution in [2.75, 3.05) is 6.61 Å². The first-order chi connectivity index (χ1) is 9.65. The predicted molar refractivity (Wildman–Crippen MR) is 77.6 cm³/mol. The van der Waals surface area contributed by atoms with Crippen LogP contribution in [0, 0.1) is 0 Å². The molecule has 0 saturated carbocycles. The van der Waals surface area contributed by atoms with Crippen LogP contribution in [0.4, 0.5) is 0 Å². The zero-order chi connectivity index (χ0) is 14.5. The van der Waals surface area contributed by atoms with E-state index in [2.05, 4.69) is 5.32 Å². The molecular weight excluding hydrogens is 256 g/mol. The average molecular weight is 276 g/mol. The number of rotatable bonds is 7. The Hall–Kier alpha value is -1.85. The molecule has 1 heterocycles. The number of carboxylic acids is 1. The van der Waals surface area contributed by atoms with Crippen LogP contribution in [0.1, 0.15) is 18.9 Å². The molecule has 0 aliphatic rings. The largest absolute Gasteiger partial charge is 0.480 e. The highest BCUT2D eigenvalue weighted by atomic mass is 16.4. The first-order valence-electron chi connectivity index (χ1n) is 6.78. The molecular formula is C15H20N2O3. The highest BCUT2D eigenvalue weighted by Crippen LogP contribution is 2.21. The van der Waals surface area contributed by atoms with Crippen LogP contribution in [0.5, 0.6) is 0 Å². The molecule has 0 aliphatic carbocycles. The minimum absolute atomic E-state index is 0.0439. The van der Waals surface area contributed by atoms with E-state index in [0.29, 0.717) is 6.54 Å². The standard InChI is InChI=1S/C15H20N2O3/c1-2-12(10-18)16-7-11-8-17(9-15(19)20)14-6-4-3-5-13(11)14/h3-6,8,12,16,18H,2,7,9-10H2,1H3,(H,19,20)/t12-/m1/s1. The fourth-order valence-corrected chi connectivity index (χ4v) is 2.33. The lowest BCUT2D eigenvalue weighted by Gasteiger charge is -2.13. The van der Waals surface area contributed by atoms with Gasteiger partial charge in [-0.2, -0.15) is 0 Å². The predicted octanol–water partition coefficient (Wildman–Crippen LogP) is 1.59. The van der Waals surface area contributed by atoms with E-state index in [1.165, 1.54) is 0 Å². The number of nitrogens with one attached hydrogen (secondary N) is 1. The number of hydrogen-bond donors (Lipinski definition) is 3. The van der Waals surface area contributed by atoms with Crippen molar-refractivity contribution in [2.24, 2.45) is 0 Å². The highest BCUT2D eigenvalue weighted by Gasteiger charge is 2.11. The maximum absolute atomic E-state index is 10.9. The quantitative estimate of drug-likeness (QED) is 0.718. The van der Waals surface area contributed by atoms with E-state index in [1.54, 1.807) is 4.57 Å². The molecule has 1 aromatic carbocycles. The molecule has 1 aromatic heterocycles. The van der Waals surface area contributed by atoms with Gasteiger partial charge in [-0.15, -0.1) is 0 Å². The smallest absolute Gasteiger partial charge is 0.323 e. The van der Waals surface area contributed by atoms with E-state index in [0.717, 1.165) is 22.9 Å². The summed E-state index contributed by atoms with van der Waals surface area (Å²) in [5.41, 5.74) is 1.97. The van der Waals surface area contributed by atoms with Crippen LogP contribution in [0.15, 0.2) is 30.5 Å². The van der Waals surface area contributed by atoms with Crippen molar-refractivity contribution in [2.45, 2.75) is 32.5 Å². The van der Waals surface area contributed by atoms with Crippen LogP contribution >= 0.6 is 0 Å². The maximum Gasteiger partial charge on any atom is 0.323 e. The first kappa shape index (κ1) is 14.6. The Labute approximate surface area is 117 Å². The van der Waals surface area contributed by atoms with Crippen LogP contribution in [-0.4, -0.2) is 33.4 Å². The molecule has 0 unspecified atom stereocenters. The molecule has 5 nitrogen and oxygen atoms in total. The molecule has 5 heteroatoms. The van der Waals surface area contributed by atoms with Gasteiger partial charge in [-0.3, -0.25) is 4.79 Å². The third-order valence-electron chi connectivity index (χ3n) is 3.47. The monoisotopic (exact) mass is 276 g/mol. The zero-order valence-electron chi connectivity index (χ0n) is 11.5. The Kier molecular flexibility index (Phi) is 4.76. The van der Waals surface area contributed by atoms with Crippen LogP contribution in [0.3, 0.4) is 0 Å². The lowest BCUT2D eigenvalue weighted by atomic mass is 10.1. The third-order valence-corrected chi connectivity index (χ3v) is 3.47. The summed E-state index contributed by atoms with van der Waals surface area (Å²) in [7, 11) is 0. The van der Waals surface area contributed by atoms with E-state index < -0.39 is 5.97 Å². The average Bonchev–Trinajstić information content (AvgIpc) is 2.78. The topological polar surface area (TPSA) is 74.5 Å². The zero-order valence-corrected chi connectivity index (χ0v) is 11.5. The fraction of sp³-hybridized carbons (Fsp3) is 0.400. The Morgan fingerprint density at radius 1 is 1.40 bits per heavy atom. The molecule has 0 bridgehead atoms. The molecule has 0 amide bonds. The normalized spacial score (nSPS) is 12.7. The summed E-state index contributed by atoms with van der Waals surface area (Å²) in [6, 6.07) is 7.83. The molecule has 3 N–H and O–H groups in total. The van der Waals surface area contributed by atoms with Crippen LogP contribution in [0.2, 0.25) is 0 Å². The number of carbonyl (C=O) groups is 1. The summed E-state index contributed by atoms with van der Waals surface area (Å²) in [5.74, 6) is -0.855. The van der Waals surface area contributed by atoms with Gasteiger partial charge < -0.3 is 20.1 Å². The Bertz CT molecular complexity index is 588. The molecule has 0 fully saturated rings. The fourth-order valence-electron chi connectivity index (χ4n) is 2.33. The van der Waals surface area contributed by atoms with Gasteiger partial charge in [0.2, 0.25) is 0 Å². The number of fused-ring (bicyclic) bond motifs is 1. The summed E-state index contributed by atoms with van der Waals surface area (Å²) in [6.45, 7) is 2.69. The minimum Gasteiger partial charge on any atom is -0.480 e. The van der Waals surface area contributed by atoms with Crippen molar-refractivity contribution in [3.63, 3.8) is 0 Å². The SMILES string of the molecule is CC[C@H](CO)NCc1cn(CC(=O)O)c2ccccc12. The number of para-hydroxylation sites is 1. The molecule has 2 aromatic rings. The van der Waals surface area contributed by atoms with Gasteiger partial charge in [-0.25, -0.2) is 0 Å².